The second-order valence-electron chi connectivity index (χ2n) is 4.84. The van der Waals surface area contributed by atoms with E-state index in [2.05, 4.69) is 4.74 Å². The minimum Gasteiger partial charge on any atom is -0.461 e. The van der Waals surface area contributed by atoms with Gasteiger partial charge in [0.1, 0.15) is 5.82 Å². The van der Waals surface area contributed by atoms with Crippen molar-refractivity contribution in [1.29, 1.82) is 0 Å². The predicted molar refractivity (Wildman–Crippen MR) is 60.7 cm³/mol. The molecule has 0 saturated heterocycles. The van der Waals surface area contributed by atoms with Gasteiger partial charge in [-0.05, 0) is 25.1 Å². The van der Waals surface area contributed by atoms with Crippen LogP contribution in [0.2, 0.25) is 0 Å². The first-order chi connectivity index (χ1) is 10.4. The largest absolute Gasteiger partial charge is 0.461 e. The van der Waals surface area contributed by atoms with E-state index in [0.29, 0.717) is 6.07 Å². The standard InChI is InChI=1S/C13H9F7O3/c1-2-23-9(21)12(17,18)10(22)8-5-6(14)3-4-7(8)11(15,16)13(10,19)20/h3-5,22H,2H2,1H3/t10-/m0/s1. The lowest BCUT2D eigenvalue weighted by Gasteiger charge is -2.36. The molecule has 0 saturated carbocycles. The number of esters is 1. The van der Waals surface area contributed by atoms with E-state index in [1.54, 1.807) is 0 Å². The average Bonchev–Trinajstić information content (AvgIpc) is 2.56. The van der Waals surface area contributed by atoms with Crippen molar-refractivity contribution in [3.63, 3.8) is 0 Å². The number of alkyl halides is 6. The van der Waals surface area contributed by atoms with E-state index < -0.39 is 52.9 Å². The van der Waals surface area contributed by atoms with Crippen molar-refractivity contribution in [3.8, 4) is 0 Å². The number of halogens is 7. The van der Waals surface area contributed by atoms with Crippen molar-refractivity contribution in [1.82, 2.24) is 0 Å². The zero-order valence-electron chi connectivity index (χ0n) is 11.3. The van der Waals surface area contributed by atoms with Crippen LogP contribution in [0.5, 0.6) is 0 Å². The van der Waals surface area contributed by atoms with Crippen LogP contribution >= 0.6 is 0 Å². The molecule has 1 aromatic rings. The molecule has 0 amide bonds. The molecule has 0 unspecified atom stereocenters. The summed E-state index contributed by atoms with van der Waals surface area (Å²) in [6.07, 6.45) is 0. The highest BCUT2D eigenvalue weighted by Gasteiger charge is 2.85. The van der Waals surface area contributed by atoms with Crippen LogP contribution in [0, 0.1) is 5.82 Å². The van der Waals surface area contributed by atoms with Crippen LogP contribution in [-0.4, -0.2) is 29.5 Å². The molecule has 0 aromatic heterocycles. The topological polar surface area (TPSA) is 46.5 Å². The zero-order valence-corrected chi connectivity index (χ0v) is 11.3. The number of fused-ring (bicyclic) bond motifs is 1. The smallest absolute Gasteiger partial charge is 0.381 e. The number of carbonyl (C=O) groups excluding carboxylic acids is 1. The molecular formula is C13H9F7O3. The summed E-state index contributed by atoms with van der Waals surface area (Å²) in [6.45, 7) is 0.384. The molecule has 1 aliphatic rings. The number of rotatable bonds is 3. The van der Waals surface area contributed by atoms with Crippen molar-refractivity contribution in [2.75, 3.05) is 6.61 Å². The second-order valence-corrected chi connectivity index (χ2v) is 4.84. The van der Waals surface area contributed by atoms with Gasteiger partial charge in [-0.3, -0.25) is 0 Å². The highest BCUT2D eigenvalue weighted by Crippen LogP contribution is 2.65. The van der Waals surface area contributed by atoms with Crippen LogP contribution in [0.25, 0.3) is 0 Å². The Hall–Kier alpha value is -1.84. The third kappa shape index (κ3) is 1.90. The van der Waals surface area contributed by atoms with Gasteiger partial charge in [0, 0.05) is 11.1 Å². The van der Waals surface area contributed by atoms with Crippen molar-refractivity contribution >= 4 is 5.97 Å². The summed E-state index contributed by atoms with van der Waals surface area (Å²) < 4.78 is 101. The molecule has 0 fully saturated rings. The summed E-state index contributed by atoms with van der Waals surface area (Å²) in [5.41, 5.74) is -8.44. The van der Waals surface area contributed by atoms with Crippen molar-refractivity contribution in [2.45, 2.75) is 30.3 Å². The van der Waals surface area contributed by atoms with Gasteiger partial charge in [-0.1, -0.05) is 0 Å². The molecule has 0 spiro atoms. The number of hydrogen-bond donors (Lipinski definition) is 1. The minimum atomic E-state index is -5.79. The Morgan fingerprint density at radius 1 is 1.22 bits per heavy atom. The molecule has 3 nitrogen and oxygen atoms in total. The molecule has 1 N–H and O–H groups in total. The maximum Gasteiger partial charge on any atom is 0.381 e. The van der Waals surface area contributed by atoms with Gasteiger partial charge in [0.25, 0.3) is 0 Å². The van der Waals surface area contributed by atoms with Gasteiger partial charge in [-0.2, -0.15) is 26.3 Å². The highest BCUT2D eigenvalue weighted by molar-refractivity contribution is 5.81. The quantitative estimate of drug-likeness (QED) is 0.676. The molecule has 10 heteroatoms. The molecule has 0 aliphatic heterocycles. The van der Waals surface area contributed by atoms with Crippen molar-refractivity contribution in [2.24, 2.45) is 0 Å². The lowest BCUT2D eigenvalue weighted by molar-refractivity contribution is -0.337. The fraction of sp³-hybridized carbons (Fsp3) is 0.462. The molecule has 1 aliphatic carbocycles. The third-order valence-electron chi connectivity index (χ3n) is 3.54. The summed E-state index contributed by atoms with van der Waals surface area (Å²) in [5.74, 6) is -20.5. The Labute approximate surface area is 124 Å². The van der Waals surface area contributed by atoms with Crippen LogP contribution in [-0.2, 0) is 21.1 Å². The predicted octanol–water partition coefficient (Wildman–Crippen LogP) is 2.95. The van der Waals surface area contributed by atoms with E-state index in [1.165, 1.54) is 0 Å². The van der Waals surface area contributed by atoms with Crippen molar-refractivity contribution < 1.29 is 45.4 Å². The Kier molecular flexibility index (Phi) is 3.67. The van der Waals surface area contributed by atoms with Crippen LogP contribution in [0.3, 0.4) is 0 Å². The summed E-state index contributed by atoms with van der Waals surface area (Å²) in [4.78, 5) is 11.2. The Morgan fingerprint density at radius 2 is 1.78 bits per heavy atom. The number of ether oxygens (including phenoxy) is 1. The van der Waals surface area contributed by atoms with E-state index >= 15 is 0 Å². The highest BCUT2D eigenvalue weighted by atomic mass is 19.3. The second kappa shape index (κ2) is 4.83. The van der Waals surface area contributed by atoms with Crippen LogP contribution < -0.4 is 0 Å². The van der Waals surface area contributed by atoms with Gasteiger partial charge in [0.15, 0.2) is 0 Å². The third-order valence-corrected chi connectivity index (χ3v) is 3.54. The molecule has 0 heterocycles. The molecule has 1 atom stereocenters. The SMILES string of the molecule is CCOC(=O)C(F)(F)[C@@]1(O)c2cc(F)ccc2C(F)(F)C1(F)F. The van der Waals surface area contributed by atoms with Gasteiger partial charge in [0.2, 0.25) is 5.60 Å². The van der Waals surface area contributed by atoms with Gasteiger partial charge in [-0.25, -0.2) is 9.18 Å². The molecule has 2 rings (SSSR count). The van der Waals surface area contributed by atoms with Crippen LogP contribution in [0.1, 0.15) is 18.1 Å². The maximum atomic E-state index is 14.1. The van der Waals surface area contributed by atoms with E-state index in [0.717, 1.165) is 6.92 Å². The van der Waals surface area contributed by atoms with E-state index in [-0.39, 0.29) is 12.1 Å². The lowest BCUT2D eigenvalue weighted by atomic mass is 9.86. The van der Waals surface area contributed by atoms with E-state index in [1.807, 2.05) is 0 Å². The Bertz CT molecular complexity index is 659. The molecule has 128 valence electrons. The van der Waals surface area contributed by atoms with Gasteiger partial charge in [-0.15, -0.1) is 0 Å². The first kappa shape index (κ1) is 17.5. The first-order valence-electron chi connectivity index (χ1n) is 6.19. The Balaban J connectivity index is 2.80. The van der Waals surface area contributed by atoms with Gasteiger partial charge in [0.05, 0.1) is 6.61 Å². The molecule has 23 heavy (non-hydrogen) atoms. The monoisotopic (exact) mass is 346 g/mol. The van der Waals surface area contributed by atoms with Crippen molar-refractivity contribution in [3.05, 3.63) is 35.1 Å². The van der Waals surface area contributed by atoms with Crippen LogP contribution in [0.15, 0.2) is 18.2 Å². The summed E-state index contributed by atoms with van der Waals surface area (Å²) >= 11 is 0. The molecule has 1 aromatic carbocycles. The number of aliphatic hydroxyl groups is 1. The fourth-order valence-corrected chi connectivity index (χ4v) is 2.39. The summed E-state index contributed by atoms with van der Waals surface area (Å²) in [7, 11) is 0. The normalized spacial score (nSPS) is 25.1. The summed E-state index contributed by atoms with van der Waals surface area (Å²) in [6, 6.07) is 0.409. The average molecular weight is 346 g/mol. The fourth-order valence-electron chi connectivity index (χ4n) is 2.39. The minimum absolute atomic E-state index is 0.0860. The molecular weight excluding hydrogens is 337 g/mol. The number of benzene rings is 1. The lowest BCUT2D eigenvalue weighted by Crippen LogP contribution is -2.62. The van der Waals surface area contributed by atoms with Gasteiger partial charge >= 0.3 is 23.7 Å². The number of hydrogen-bond acceptors (Lipinski definition) is 3. The Morgan fingerprint density at radius 3 is 2.30 bits per heavy atom. The summed E-state index contributed by atoms with van der Waals surface area (Å²) in [5, 5.41) is 9.81. The van der Waals surface area contributed by atoms with E-state index in [9.17, 15) is 40.6 Å². The first-order valence-corrected chi connectivity index (χ1v) is 6.19. The molecule has 0 radical (unpaired) electrons. The van der Waals surface area contributed by atoms with E-state index in [4.69, 9.17) is 0 Å². The molecule has 0 bridgehead atoms. The maximum absolute atomic E-state index is 14.1. The number of carbonyl (C=O) groups is 1. The van der Waals surface area contributed by atoms with Crippen LogP contribution in [0.4, 0.5) is 30.7 Å². The van der Waals surface area contributed by atoms with Gasteiger partial charge < -0.3 is 9.84 Å². The zero-order chi connectivity index (χ0) is 17.8.